The molecule has 0 fully saturated rings. The van der Waals surface area contributed by atoms with Crippen LogP contribution in [0, 0.1) is 0 Å². The van der Waals surface area contributed by atoms with Gasteiger partial charge >= 0.3 is 0 Å². The molecule has 2 aromatic rings. The molecule has 0 bridgehead atoms. The number of ether oxygens (including phenoxy) is 1. The topological polar surface area (TPSA) is 104 Å². The van der Waals surface area contributed by atoms with Gasteiger partial charge in [-0.15, -0.1) is 0 Å². The molecule has 0 amide bonds. The van der Waals surface area contributed by atoms with Crippen molar-refractivity contribution < 1.29 is 29.6 Å². The van der Waals surface area contributed by atoms with Gasteiger partial charge in [-0.2, -0.15) is 0 Å². The van der Waals surface area contributed by atoms with Crippen LogP contribution in [-0.4, -0.2) is 34.0 Å². The Kier molecular flexibility index (Phi) is 6.16. The standard InChI is InChI=1S/C20H18O6/c1-26-20-9-3-13(10-19(20)25)2-5-16(22)12-17(23)6-4-14-11-15(21)7-8-18(14)24/h2-11,21,24-25H,12H2,1H3. The summed E-state index contributed by atoms with van der Waals surface area (Å²) in [6.07, 6.45) is 4.89. The largest absolute Gasteiger partial charge is 0.508 e. The Bertz CT molecular complexity index is 880. The van der Waals surface area contributed by atoms with Gasteiger partial charge in [-0.25, -0.2) is 0 Å². The Morgan fingerprint density at radius 1 is 0.923 bits per heavy atom. The summed E-state index contributed by atoms with van der Waals surface area (Å²) < 4.78 is 4.93. The molecule has 2 aromatic carbocycles. The second-order valence-electron chi connectivity index (χ2n) is 5.45. The number of hydrogen-bond acceptors (Lipinski definition) is 6. The van der Waals surface area contributed by atoms with E-state index in [0.717, 1.165) is 0 Å². The van der Waals surface area contributed by atoms with Crippen LogP contribution in [0.4, 0.5) is 0 Å². The molecular weight excluding hydrogens is 336 g/mol. The number of phenolic OH excluding ortho intramolecular Hbond substituents is 3. The molecule has 0 spiro atoms. The van der Waals surface area contributed by atoms with E-state index in [-0.39, 0.29) is 29.2 Å². The van der Waals surface area contributed by atoms with Crippen LogP contribution in [0.15, 0.2) is 48.6 Å². The zero-order valence-electron chi connectivity index (χ0n) is 14.0. The zero-order chi connectivity index (χ0) is 19.1. The number of methoxy groups -OCH3 is 1. The molecule has 0 atom stereocenters. The first-order chi connectivity index (χ1) is 12.4. The molecule has 6 nitrogen and oxygen atoms in total. The molecule has 0 aliphatic heterocycles. The van der Waals surface area contributed by atoms with Crippen LogP contribution in [-0.2, 0) is 9.59 Å². The first kappa shape index (κ1) is 18.8. The number of hydrogen-bond donors (Lipinski definition) is 3. The molecule has 6 heteroatoms. The number of carbonyl (C=O) groups is 2. The van der Waals surface area contributed by atoms with Crippen molar-refractivity contribution in [3.63, 3.8) is 0 Å². The highest BCUT2D eigenvalue weighted by Crippen LogP contribution is 2.26. The third-order valence-electron chi connectivity index (χ3n) is 3.47. The summed E-state index contributed by atoms with van der Waals surface area (Å²) in [7, 11) is 1.43. The van der Waals surface area contributed by atoms with Crippen LogP contribution in [0.1, 0.15) is 17.5 Å². The van der Waals surface area contributed by atoms with E-state index in [1.807, 2.05) is 0 Å². The second kappa shape index (κ2) is 8.53. The molecule has 0 aliphatic carbocycles. The molecule has 2 rings (SSSR count). The monoisotopic (exact) mass is 354 g/mol. The second-order valence-corrected chi connectivity index (χ2v) is 5.45. The van der Waals surface area contributed by atoms with Crippen molar-refractivity contribution >= 4 is 23.7 Å². The molecule has 0 saturated carbocycles. The Morgan fingerprint density at radius 2 is 1.62 bits per heavy atom. The number of ketones is 2. The molecular formula is C20H18O6. The average molecular weight is 354 g/mol. The third kappa shape index (κ3) is 5.24. The lowest BCUT2D eigenvalue weighted by Gasteiger charge is -2.03. The molecule has 0 heterocycles. The van der Waals surface area contributed by atoms with Gasteiger partial charge in [0.2, 0.25) is 0 Å². The van der Waals surface area contributed by atoms with Crippen LogP contribution in [0.3, 0.4) is 0 Å². The summed E-state index contributed by atoms with van der Waals surface area (Å²) in [6, 6.07) is 8.59. The van der Waals surface area contributed by atoms with E-state index >= 15 is 0 Å². The summed E-state index contributed by atoms with van der Waals surface area (Å²) in [5, 5.41) is 28.7. The van der Waals surface area contributed by atoms with Gasteiger partial charge < -0.3 is 20.1 Å². The third-order valence-corrected chi connectivity index (χ3v) is 3.47. The fourth-order valence-corrected chi connectivity index (χ4v) is 2.15. The van der Waals surface area contributed by atoms with Crippen molar-refractivity contribution in [1.82, 2.24) is 0 Å². The Labute approximate surface area is 150 Å². The highest BCUT2D eigenvalue weighted by Gasteiger charge is 2.06. The summed E-state index contributed by atoms with van der Waals surface area (Å²) in [5.41, 5.74) is 0.861. The van der Waals surface area contributed by atoms with Crippen molar-refractivity contribution in [3.8, 4) is 23.0 Å². The molecule has 0 saturated heterocycles. The Hall–Kier alpha value is -3.54. The van der Waals surface area contributed by atoms with Gasteiger partial charge in [0.15, 0.2) is 23.1 Å². The number of benzene rings is 2. The summed E-state index contributed by atoms with van der Waals surface area (Å²) in [5.74, 6) is -0.708. The summed E-state index contributed by atoms with van der Waals surface area (Å²) >= 11 is 0. The van der Waals surface area contributed by atoms with Gasteiger partial charge in [0.05, 0.1) is 13.5 Å². The van der Waals surface area contributed by atoms with Gasteiger partial charge in [0.25, 0.3) is 0 Å². The normalized spacial score (nSPS) is 11.1. The smallest absolute Gasteiger partial charge is 0.163 e. The molecule has 3 N–H and O–H groups in total. The molecule has 0 aliphatic rings. The number of carbonyl (C=O) groups excluding carboxylic acids is 2. The van der Waals surface area contributed by atoms with Gasteiger partial charge in [0.1, 0.15) is 11.5 Å². The van der Waals surface area contributed by atoms with E-state index in [4.69, 9.17) is 4.74 Å². The maximum atomic E-state index is 11.8. The first-order valence-electron chi connectivity index (χ1n) is 7.70. The Balaban J connectivity index is 1.96. The molecule has 134 valence electrons. The fourth-order valence-electron chi connectivity index (χ4n) is 2.15. The lowest BCUT2D eigenvalue weighted by Crippen LogP contribution is -2.01. The lowest BCUT2D eigenvalue weighted by molar-refractivity contribution is -0.121. The summed E-state index contributed by atoms with van der Waals surface area (Å²) in [6.45, 7) is 0. The van der Waals surface area contributed by atoms with E-state index < -0.39 is 11.6 Å². The van der Waals surface area contributed by atoms with E-state index in [2.05, 4.69) is 0 Å². The predicted molar refractivity (Wildman–Crippen MR) is 97.1 cm³/mol. The number of phenols is 3. The van der Waals surface area contributed by atoms with Crippen LogP contribution in [0.2, 0.25) is 0 Å². The van der Waals surface area contributed by atoms with Crippen LogP contribution >= 0.6 is 0 Å². The zero-order valence-corrected chi connectivity index (χ0v) is 14.0. The number of allylic oxidation sites excluding steroid dienone is 2. The first-order valence-corrected chi connectivity index (χ1v) is 7.70. The average Bonchev–Trinajstić information content (AvgIpc) is 2.61. The van der Waals surface area contributed by atoms with Crippen molar-refractivity contribution in [2.45, 2.75) is 6.42 Å². The van der Waals surface area contributed by atoms with E-state index in [0.29, 0.717) is 11.3 Å². The van der Waals surface area contributed by atoms with E-state index in [1.165, 1.54) is 55.7 Å². The van der Waals surface area contributed by atoms with E-state index in [1.54, 1.807) is 12.1 Å². The van der Waals surface area contributed by atoms with Crippen molar-refractivity contribution in [1.29, 1.82) is 0 Å². The van der Waals surface area contributed by atoms with Crippen molar-refractivity contribution in [2.24, 2.45) is 0 Å². The van der Waals surface area contributed by atoms with Crippen LogP contribution < -0.4 is 4.74 Å². The van der Waals surface area contributed by atoms with Crippen LogP contribution in [0.5, 0.6) is 23.0 Å². The van der Waals surface area contributed by atoms with Gasteiger partial charge in [-0.3, -0.25) is 9.59 Å². The quantitative estimate of drug-likeness (QED) is 0.401. The van der Waals surface area contributed by atoms with Gasteiger partial charge in [-0.05, 0) is 54.1 Å². The SMILES string of the molecule is COc1ccc(C=CC(=O)CC(=O)C=Cc2cc(O)ccc2O)cc1O. The number of rotatable bonds is 7. The minimum Gasteiger partial charge on any atom is -0.508 e. The molecule has 26 heavy (non-hydrogen) atoms. The maximum Gasteiger partial charge on any atom is 0.163 e. The minimum absolute atomic E-state index is 0.0448. The molecule has 0 radical (unpaired) electrons. The lowest BCUT2D eigenvalue weighted by atomic mass is 10.1. The predicted octanol–water partition coefficient (Wildman–Crippen LogP) is 3.07. The number of aromatic hydroxyl groups is 3. The molecule has 0 unspecified atom stereocenters. The highest BCUT2D eigenvalue weighted by atomic mass is 16.5. The van der Waals surface area contributed by atoms with E-state index in [9.17, 15) is 24.9 Å². The van der Waals surface area contributed by atoms with Crippen molar-refractivity contribution in [3.05, 3.63) is 59.7 Å². The Morgan fingerprint density at radius 3 is 2.27 bits per heavy atom. The maximum absolute atomic E-state index is 11.8. The minimum atomic E-state index is -0.444. The van der Waals surface area contributed by atoms with Gasteiger partial charge in [0, 0.05) is 5.56 Å². The van der Waals surface area contributed by atoms with Gasteiger partial charge in [-0.1, -0.05) is 12.1 Å². The van der Waals surface area contributed by atoms with Crippen LogP contribution in [0.25, 0.3) is 12.2 Å². The summed E-state index contributed by atoms with van der Waals surface area (Å²) in [4.78, 5) is 23.7. The highest BCUT2D eigenvalue weighted by molar-refractivity contribution is 6.11. The fraction of sp³-hybridized carbons (Fsp3) is 0.100. The molecule has 0 aromatic heterocycles. The van der Waals surface area contributed by atoms with Crippen molar-refractivity contribution in [2.75, 3.05) is 7.11 Å².